The lowest BCUT2D eigenvalue weighted by molar-refractivity contribution is -0.133. The Bertz CT molecular complexity index is 430. The van der Waals surface area contributed by atoms with Gasteiger partial charge < -0.3 is 15.5 Å². The summed E-state index contributed by atoms with van der Waals surface area (Å²) >= 11 is 0. The highest BCUT2D eigenvalue weighted by Crippen LogP contribution is 2.16. The molecular weight excluding hydrogens is 282 g/mol. The van der Waals surface area contributed by atoms with Gasteiger partial charge in [-0.3, -0.25) is 9.35 Å². The zero-order chi connectivity index (χ0) is 14.6. The molecule has 2 heterocycles. The van der Waals surface area contributed by atoms with Gasteiger partial charge in [0.25, 0.3) is 10.1 Å². The van der Waals surface area contributed by atoms with Crippen molar-refractivity contribution < 1.29 is 17.8 Å². The first kappa shape index (κ1) is 15.7. The Morgan fingerprint density at radius 1 is 1.15 bits per heavy atom. The molecule has 116 valence electrons. The van der Waals surface area contributed by atoms with Crippen molar-refractivity contribution in [2.75, 3.05) is 32.7 Å². The number of carbonyl (C=O) groups is 1. The fourth-order valence-corrected chi connectivity index (χ4v) is 3.49. The van der Waals surface area contributed by atoms with Gasteiger partial charge >= 0.3 is 0 Å². The van der Waals surface area contributed by atoms with Crippen LogP contribution < -0.4 is 10.6 Å². The molecule has 0 radical (unpaired) electrons. The molecule has 0 saturated carbocycles. The molecule has 0 aromatic heterocycles. The normalized spacial score (nSPS) is 29.6. The SMILES string of the molecule is O=C([C@@H]1C[C@H](S(=O)(=O)O)CN1)N1CCCCNCCC1. The van der Waals surface area contributed by atoms with Gasteiger partial charge in [-0.05, 0) is 38.8 Å². The number of nitrogens with one attached hydrogen (secondary N) is 2. The summed E-state index contributed by atoms with van der Waals surface area (Å²) in [5.74, 6) is -0.0435. The molecule has 0 bridgehead atoms. The van der Waals surface area contributed by atoms with E-state index in [-0.39, 0.29) is 18.9 Å². The molecule has 8 heteroatoms. The second kappa shape index (κ2) is 6.84. The lowest BCUT2D eigenvalue weighted by Gasteiger charge is -2.25. The van der Waals surface area contributed by atoms with Crippen LogP contribution in [0.5, 0.6) is 0 Å². The van der Waals surface area contributed by atoms with Gasteiger partial charge in [-0.15, -0.1) is 0 Å². The summed E-state index contributed by atoms with van der Waals surface area (Å²) in [4.78, 5) is 14.2. The van der Waals surface area contributed by atoms with Gasteiger partial charge in [0.2, 0.25) is 5.91 Å². The summed E-state index contributed by atoms with van der Waals surface area (Å²) in [7, 11) is -4.06. The minimum atomic E-state index is -4.06. The van der Waals surface area contributed by atoms with Crippen LogP contribution >= 0.6 is 0 Å². The fraction of sp³-hybridized carbons (Fsp3) is 0.917. The van der Waals surface area contributed by atoms with Gasteiger partial charge in [0, 0.05) is 19.6 Å². The van der Waals surface area contributed by atoms with Crippen molar-refractivity contribution in [2.24, 2.45) is 0 Å². The van der Waals surface area contributed by atoms with Crippen molar-refractivity contribution >= 4 is 16.0 Å². The predicted molar refractivity (Wildman–Crippen MR) is 75.0 cm³/mol. The molecule has 3 N–H and O–H groups in total. The standard InChI is InChI=1S/C12H23N3O4S/c16-12(11-8-10(9-14-11)20(17,18)19)15-6-2-1-4-13-5-3-7-15/h10-11,13-14H,1-9H2,(H,17,18,19)/t10-,11-/m0/s1. The van der Waals surface area contributed by atoms with Crippen LogP contribution in [0.15, 0.2) is 0 Å². The molecule has 0 unspecified atom stereocenters. The number of hydrogen-bond acceptors (Lipinski definition) is 5. The van der Waals surface area contributed by atoms with Crippen LogP contribution in [0.4, 0.5) is 0 Å². The van der Waals surface area contributed by atoms with Crippen molar-refractivity contribution in [2.45, 2.75) is 37.0 Å². The highest BCUT2D eigenvalue weighted by Gasteiger charge is 2.37. The quantitative estimate of drug-likeness (QED) is 0.578. The number of hydrogen-bond donors (Lipinski definition) is 3. The number of carbonyl (C=O) groups excluding carboxylic acids is 1. The van der Waals surface area contributed by atoms with Crippen LogP contribution in [0.3, 0.4) is 0 Å². The molecule has 0 spiro atoms. The fourth-order valence-electron chi connectivity index (χ4n) is 2.74. The van der Waals surface area contributed by atoms with E-state index >= 15 is 0 Å². The zero-order valence-electron chi connectivity index (χ0n) is 11.5. The highest BCUT2D eigenvalue weighted by atomic mass is 32.2. The van der Waals surface area contributed by atoms with Gasteiger partial charge in [-0.2, -0.15) is 8.42 Å². The average molecular weight is 305 g/mol. The maximum absolute atomic E-state index is 12.4. The minimum absolute atomic E-state index is 0.0435. The second-order valence-electron chi connectivity index (χ2n) is 5.47. The molecule has 2 aliphatic heterocycles. The molecule has 1 amide bonds. The summed E-state index contributed by atoms with van der Waals surface area (Å²) in [5, 5.41) is 5.37. The van der Waals surface area contributed by atoms with E-state index in [1.807, 2.05) is 4.90 Å². The predicted octanol–water partition coefficient (Wildman–Crippen LogP) is -0.793. The molecule has 2 rings (SSSR count). The Morgan fingerprint density at radius 2 is 1.85 bits per heavy atom. The molecule has 2 atom stereocenters. The summed E-state index contributed by atoms with van der Waals surface area (Å²) < 4.78 is 31.3. The Kier molecular flexibility index (Phi) is 5.36. The van der Waals surface area contributed by atoms with E-state index in [2.05, 4.69) is 10.6 Å². The molecular formula is C12H23N3O4S. The first-order valence-corrected chi connectivity index (χ1v) is 8.68. The van der Waals surface area contributed by atoms with Gasteiger partial charge in [0.05, 0.1) is 6.04 Å². The lowest BCUT2D eigenvalue weighted by Crippen LogP contribution is -2.44. The third-order valence-corrected chi connectivity index (χ3v) is 5.14. The van der Waals surface area contributed by atoms with Crippen molar-refractivity contribution in [1.29, 1.82) is 0 Å². The molecule has 20 heavy (non-hydrogen) atoms. The molecule has 0 aliphatic carbocycles. The lowest BCUT2D eigenvalue weighted by atomic mass is 10.2. The Labute approximate surface area is 119 Å². The monoisotopic (exact) mass is 305 g/mol. The third-order valence-electron chi connectivity index (χ3n) is 3.93. The van der Waals surface area contributed by atoms with E-state index in [9.17, 15) is 13.2 Å². The van der Waals surface area contributed by atoms with Gasteiger partial charge in [-0.1, -0.05) is 0 Å². The molecule has 2 fully saturated rings. The zero-order valence-corrected chi connectivity index (χ0v) is 12.4. The number of rotatable bonds is 2. The average Bonchev–Trinajstić information content (AvgIpc) is 2.91. The summed E-state index contributed by atoms with van der Waals surface area (Å²) in [5.41, 5.74) is 0. The van der Waals surface area contributed by atoms with Crippen molar-refractivity contribution in [3.63, 3.8) is 0 Å². The minimum Gasteiger partial charge on any atom is -0.341 e. The topological polar surface area (TPSA) is 98.7 Å². The van der Waals surface area contributed by atoms with Crippen LogP contribution in [0.1, 0.15) is 25.7 Å². The summed E-state index contributed by atoms with van der Waals surface area (Å²) in [6.07, 6.45) is 3.05. The van der Waals surface area contributed by atoms with E-state index < -0.39 is 21.4 Å². The maximum atomic E-state index is 12.4. The van der Waals surface area contributed by atoms with Crippen LogP contribution in [0, 0.1) is 0 Å². The first-order chi connectivity index (χ1) is 9.48. The molecule has 2 aliphatic rings. The van der Waals surface area contributed by atoms with Crippen LogP contribution in [-0.2, 0) is 14.9 Å². The van der Waals surface area contributed by atoms with Gasteiger partial charge in [0.15, 0.2) is 0 Å². The Morgan fingerprint density at radius 3 is 2.55 bits per heavy atom. The van der Waals surface area contributed by atoms with E-state index in [1.54, 1.807) is 0 Å². The molecule has 0 aromatic rings. The maximum Gasteiger partial charge on any atom is 0.269 e. The molecule has 0 aromatic carbocycles. The van der Waals surface area contributed by atoms with Crippen LogP contribution in [0.2, 0.25) is 0 Å². The van der Waals surface area contributed by atoms with E-state index in [0.29, 0.717) is 6.54 Å². The summed E-state index contributed by atoms with van der Waals surface area (Å²) in [6.45, 7) is 3.44. The van der Waals surface area contributed by atoms with E-state index in [4.69, 9.17) is 4.55 Å². The van der Waals surface area contributed by atoms with Gasteiger partial charge in [-0.25, -0.2) is 0 Å². The van der Waals surface area contributed by atoms with Gasteiger partial charge in [0.1, 0.15) is 5.25 Å². The molecule has 7 nitrogen and oxygen atoms in total. The third kappa shape index (κ3) is 4.15. The summed E-state index contributed by atoms with van der Waals surface area (Å²) in [6, 6.07) is -0.490. The van der Waals surface area contributed by atoms with Crippen LogP contribution in [-0.4, -0.2) is 67.8 Å². The van der Waals surface area contributed by atoms with Crippen molar-refractivity contribution in [3.05, 3.63) is 0 Å². The second-order valence-corrected chi connectivity index (χ2v) is 7.17. The number of nitrogens with zero attached hydrogens (tertiary/aromatic N) is 1. The van der Waals surface area contributed by atoms with E-state index in [0.717, 1.165) is 38.9 Å². The Hall–Kier alpha value is -0.700. The van der Waals surface area contributed by atoms with Crippen molar-refractivity contribution in [3.8, 4) is 0 Å². The molecule has 2 saturated heterocycles. The Balaban J connectivity index is 1.92. The van der Waals surface area contributed by atoms with E-state index in [1.165, 1.54) is 0 Å². The first-order valence-electron chi connectivity index (χ1n) is 7.17. The largest absolute Gasteiger partial charge is 0.341 e. The van der Waals surface area contributed by atoms with Crippen LogP contribution in [0.25, 0.3) is 0 Å². The van der Waals surface area contributed by atoms with Crippen molar-refractivity contribution in [1.82, 2.24) is 15.5 Å². The smallest absolute Gasteiger partial charge is 0.269 e. The number of amides is 1. The highest BCUT2D eigenvalue weighted by molar-refractivity contribution is 7.86.